The second-order valence-corrected chi connectivity index (χ2v) is 8.50. The summed E-state index contributed by atoms with van der Waals surface area (Å²) in [7, 11) is -1.33. The van der Waals surface area contributed by atoms with Gasteiger partial charge in [0.2, 0.25) is 10.0 Å². The van der Waals surface area contributed by atoms with E-state index in [1.807, 2.05) is 31.3 Å². The molecule has 0 spiro atoms. The lowest BCUT2D eigenvalue weighted by Crippen LogP contribution is -2.31. The van der Waals surface area contributed by atoms with Gasteiger partial charge in [0, 0.05) is 31.4 Å². The molecule has 0 radical (unpaired) electrons. The lowest BCUT2D eigenvalue weighted by atomic mass is 10.2. The molecule has 138 valence electrons. The molecular formula is C16H26N6O2S. The minimum absolute atomic E-state index is 0.380. The molecule has 2 rings (SSSR count). The number of rotatable bonds is 10. The van der Waals surface area contributed by atoms with Crippen LogP contribution in [0.5, 0.6) is 0 Å². The van der Waals surface area contributed by atoms with E-state index in [1.165, 1.54) is 0 Å². The van der Waals surface area contributed by atoms with Crippen LogP contribution in [0.25, 0.3) is 11.4 Å². The minimum Gasteiger partial charge on any atom is -0.385 e. The highest BCUT2D eigenvalue weighted by molar-refractivity contribution is 7.90. The van der Waals surface area contributed by atoms with Gasteiger partial charge >= 0.3 is 0 Å². The van der Waals surface area contributed by atoms with Crippen LogP contribution < -0.4 is 10.0 Å². The Balaban J connectivity index is 1.65. The number of hydrogen-bond donors (Lipinski definition) is 2. The van der Waals surface area contributed by atoms with Crippen LogP contribution in [-0.2, 0) is 17.1 Å². The van der Waals surface area contributed by atoms with Crippen molar-refractivity contribution in [3.63, 3.8) is 0 Å². The minimum atomic E-state index is -3.14. The zero-order valence-electron chi connectivity index (χ0n) is 14.9. The van der Waals surface area contributed by atoms with Crippen molar-refractivity contribution in [2.75, 3.05) is 18.4 Å². The van der Waals surface area contributed by atoms with E-state index in [-0.39, 0.29) is 5.25 Å². The van der Waals surface area contributed by atoms with E-state index >= 15 is 0 Å². The number of anilines is 1. The first-order valence-electron chi connectivity index (χ1n) is 8.45. The van der Waals surface area contributed by atoms with Crippen molar-refractivity contribution < 1.29 is 8.42 Å². The average molecular weight is 366 g/mol. The molecule has 2 aromatic rings. The normalized spacial score (nSPS) is 11.8. The maximum Gasteiger partial charge on any atom is 0.213 e. The van der Waals surface area contributed by atoms with Gasteiger partial charge in [-0.05, 0) is 61.4 Å². The Bertz CT molecular complexity index is 755. The van der Waals surface area contributed by atoms with Crippen molar-refractivity contribution in [1.82, 2.24) is 24.9 Å². The van der Waals surface area contributed by atoms with Gasteiger partial charge in [-0.2, -0.15) is 0 Å². The molecular weight excluding hydrogens is 340 g/mol. The Labute approximate surface area is 149 Å². The van der Waals surface area contributed by atoms with Crippen LogP contribution in [0.15, 0.2) is 24.3 Å². The van der Waals surface area contributed by atoms with Crippen LogP contribution in [0, 0.1) is 0 Å². The molecule has 1 aromatic carbocycles. The Morgan fingerprint density at radius 3 is 2.36 bits per heavy atom. The third-order valence-corrected chi connectivity index (χ3v) is 5.72. The summed E-state index contributed by atoms with van der Waals surface area (Å²) in [6, 6.07) is 7.96. The molecule has 0 unspecified atom stereocenters. The Morgan fingerprint density at radius 2 is 1.76 bits per heavy atom. The summed E-state index contributed by atoms with van der Waals surface area (Å²) in [6.07, 6.45) is 2.79. The van der Waals surface area contributed by atoms with Crippen LogP contribution in [0.1, 0.15) is 33.1 Å². The maximum absolute atomic E-state index is 11.6. The zero-order chi connectivity index (χ0) is 18.3. The number of hydrogen-bond acceptors (Lipinski definition) is 6. The van der Waals surface area contributed by atoms with Gasteiger partial charge in [0.25, 0.3) is 0 Å². The molecule has 2 N–H and O–H groups in total. The van der Waals surface area contributed by atoms with Crippen molar-refractivity contribution in [2.45, 2.75) is 38.4 Å². The smallest absolute Gasteiger partial charge is 0.213 e. The Kier molecular flexibility index (Phi) is 6.89. The summed E-state index contributed by atoms with van der Waals surface area (Å²) in [5.74, 6) is 0.732. The lowest BCUT2D eigenvalue weighted by Gasteiger charge is -2.10. The predicted octanol–water partition coefficient (Wildman–Crippen LogP) is 1.79. The fourth-order valence-electron chi connectivity index (χ4n) is 2.25. The number of aromatic nitrogens is 4. The van der Waals surface area contributed by atoms with Crippen molar-refractivity contribution in [3.05, 3.63) is 24.3 Å². The number of benzene rings is 1. The monoisotopic (exact) mass is 366 g/mol. The van der Waals surface area contributed by atoms with E-state index in [0.717, 1.165) is 42.9 Å². The number of nitrogens with one attached hydrogen (secondary N) is 2. The topological polar surface area (TPSA) is 102 Å². The number of unbranched alkanes of at least 4 members (excludes halogenated alkanes) is 2. The lowest BCUT2D eigenvalue weighted by molar-refractivity contribution is 0.566. The Morgan fingerprint density at radius 1 is 1.08 bits per heavy atom. The number of nitrogens with zero attached hydrogens (tertiary/aromatic N) is 4. The Hall–Kier alpha value is -2.00. The summed E-state index contributed by atoms with van der Waals surface area (Å²) in [5, 5.41) is 14.4. The second-order valence-electron chi connectivity index (χ2n) is 6.18. The van der Waals surface area contributed by atoms with Crippen molar-refractivity contribution >= 4 is 15.7 Å². The van der Waals surface area contributed by atoms with Crippen LogP contribution in [0.2, 0.25) is 0 Å². The number of sulfonamides is 1. The van der Waals surface area contributed by atoms with Crippen LogP contribution in [0.4, 0.5) is 5.69 Å². The molecule has 0 saturated carbocycles. The molecule has 0 saturated heterocycles. The summed E-state index contributed by atoms with van der Waals surface area (Å²) >= 11 is 0. The van der Waals surface area contributed by atoms with Crippen LogP contribution in [-0.4, -0.2) is 47.0 Å². The van der Waals surface area contributed by atoms with Gasteiger partial charge in [-0.25, -0.2) is 17.8 Å². The van der Waals surface area contributed by atoms with Crippen LogP contribution in [0.3, 0.4) is 0 Å². The largest absolute Gasteiger partial charge is 0.385 e. The van der Waals surface area contributed by atoms with Gasteiger partial charge in [-0.3, -0.25) is 0 Å². The molecule has 8 nitrogen and oxygen atoms in total. The molecule has 0 aliphatic rings. The van der Waals surface area contributed by atoms with E-state index in [1.54, 1.807) is 18.5 Å². The van der Waals surface area contributed by atoms with E-state index < -0.39 is 10.0 Å². The van der Waals surface area contributed by atoms with Gasteiger partial charge in [0.15, 0.2) is 5.82 Å². The number of aryl methyl sites for hydroxylation is 1. The second kappa shape index (κ2) is 8.91. The number of tetrazole rings is 1. The SMILES string of the molecule is CC(C)S(=O)(=O)NCCCCCNc1ccc(-c2nnnn2C)cc1. The van der Waals surface area contributed by atoms with Crippen molar-refractivity contribution in [3.8, 4) is 11.4 Å². The van der Waals surface area contributed by atoms with Gasteiger partial charge in [-0.1, -0.05) is 6.42 Å². The third kappa shape index (κ3) is 5.79. The first-order valence-corrected chi connectivity index (χ1v) is 10.00. The van der Waals surface area contributed by atoms with Gasteiger partial charge < -0.3 is 5.32 Å². The fourth-order valence-corrected chi connectivity index (χ4v) is 3.01. The van der Waals surface area contributed by atoms with Gasteiger partial charge in [0.1, 0.15) is 0 Å². The quantitative estimate of drug-likeness (QED) is 0.622. The fraction of sp³-hybridized carbons (Fsp3) is 0.562. The molecule has 0 amide bonds. The summed E-state index contributed by atoms with van der Waals surface area (Å²) in [5.41, 5.74) is 2.01. The van der Waals surface area contributed by atoms with E-state index in [9.17, 15) is 8.42 Å². The van der Waals surface area contributed by atoms with E-state index in [0.29, 0.717) is 6.54 Å². The van der Waals surface area contributed by atoms with Gasteiger partial charge in [0.05, 0.1) is 5.25 Å². The molecule has 0 aliphatic heterocycles. The first-order chi connectivity index (χ1) is 11.9. The third-order valence-electron chi connectivity index (χ3n) is 3.87. The van der Waals surface area contributed by atoms with E-state index in [4.69, 9.17) is 0 Å². The molecule has 25 heavy (non-hydrogen) atoms. The molecule has 0 bridgehead atoms. The summed E-state index contributed by atoms with van der Waals surface area (Å²) in [4.78, 5) is 0. The summed E-state index contributed by atoms with van der Waals surface area (Å²) < 4.78 is 27.5. The average Bonchev–Trinajstić information content (AvgIpc) is 3.00. The van der Waals surface area contributed by atoms with Crippen molar-refractivity contribution in [1.29, 1.82) is 0 Å². The molecule has 0 fully saturated rings. The van der Waals surface area contributed by atoms with E-state index in [2.05, 4.69) is 25.6 Å². The maximum atomic E-state index is 11.6. The molecule has 9 heteroatoms. The molecule has 0 atom stereocenters. The summed E-state index contributed by atoms with van der Waals surface area (Å²) in [6.45, 7) is 4.71. The molecule has 1 aromatic heterocycles. The highest BCUT2D eigenvalue weighted by atomic mass is 32.2. The first kappa shape index (κ1) is 19.3. The van der Waals surface area contributed by atoms with Gasteiger partial charge in [-0.15, -0.1) is 5.10 Å². The highest BCUT2D eigenvalue weighted by Crippen LogP contribution is 2.18. The standard InChI is InChI=1S/C16H26N6O2S/c1-13(2)25(23,24)18-12-6-4-5-11-17-15-9-7-14(8-10-15)16-19-20-21-22(16)3/h7-10,13,17-18H,4-6,11-12H2,1-3H3. The highest BCUT2D eigenvalue weighted by Gasteiger charge is 2.13. The zero-order valence-corrected chi connectivity index (χ0v) is 15.8. The predicted molar refractivity (Wildman–Crippen MR) is 98.6 cm³/mol. The molecule has 0 aliphatic carbocycles. The van der Waals surface area contributed by atoms with Crippen LogP contribution >= 0.6 is 0 Å². The van der Waals surface area contributed by atoms with Crippen molar-refractivity contribution in [2.24, 2.45) is 7.05 Å². The molecule has 1 heterocycles.